The van der Waals surface area contributed by atoms with Gasteiger partial charge in [-0.05, 0) is 55.5 Å². The van der Waals surface area contributed by atoms with Gasteiger partial charge in [0, 0.05) is 15.7 Å². The van der Waals surface area contributed by atoms with Crippen LogP contribution in [-0.4, -0.2) is 20.9 Å². The zero-order valence-electron chi connectivity index (χ0n) is 15.8. The van der Waals surface area contributed by atoms with Gasteiger partial charge in [-0.1, -0.05) is 47.0 Å². The largest absolute Gasteiger partial charge is 0.324 e. The summed E-state index contributed by atoms with van der Waals surface area (Å²) in [7, 11) is -4.12. The number of amides is 1. The Kier molecular flexibility index (Phi) is 6.65. The molecule has 0 radical (unpaired) electrons. The van der Waals surface area contributed by atoms with Crippen LogP contribution in [-0.2, 0) is 14.8 Å². The maximum absolute atomic E-state index is 13.4. The molecule has 0 saturated carbocycles. The SMILES string of the molecule is Cc1ccc(S(=O)(=O)N(CC(=O)Nc2cccc(F)c2)c2cc(Cl)cc(Cl)c2)cc1. The summed E-state index contributed by atoms with van der Waals surface area (Å²) in [6.07, 6.45) is 0. The van der Waals surface area contributed by atoms with E-state index in [-0.39, 0.29) is 26.3 Å². The van der Waals surface area contributed by atoms with Crippen LogP contribution < -0.4 is 9.62 Å². The van der Waals surface area contributed by atoms with Crippen molar-refractivity contribution in [3.05, 3.63) is 88.2 Å². The van der Waals surface area contributed by atoms with E-state index in [9.17, 15) is 17.6 Å². The second-order valence-electron chi connectivity index (χ2n) is 6.51. The van der Waals surface area contributed by atoms with E-state index in [0.29, 0.717) is 0 Å². The molecule has 3 rings (SSSR count). The third-order valence-corrected chi connectivity index (χ3v) is 6.36. The van der Waals surface area contributed by atoms with Crippen molar-refractivity contribution in [1.82, 2.24) is 0 Å². The van der Waals surface area contributed by atoms with Gasteiger partial charge in [0.25, 0.3) is 10.0 Å². The fourth-order valence-corrected chi connectivity index (χ4v) is 4.65. The summed E-state index contributed by atoms with van der Waals surface area (Å²) >= 11 is 12.1. The molecule has 0 spiro atoms. The number of anilines is 2. The molecule has 0 aliphatic carbocycles. The van der Waals surface area contributed by atoms with Gasteiger partial charge in [0.1, 0.15) is 12.4 Å². The van der Waals surface area contributed by atoms with Crippen molar-refractivity contribution >= 4 is 50.5 Å². The predicted octanol–water partition coefficient (Wildman–Crippen LogP) is 5.27. The number of hydrogen-bond donors (Lipinski definition) is 1. The molecule has 0 heterocycles. The molecule has 0 atom stereocenters. The number of nitrogens with zero attached hydrogens (tertiary/aromatic N) is 1. The van der Waals surface area contributed by atoms with Crippen LogP contribution in [0, 0.1) is 12.7 Å². The van der Waals surface area contributed by atoms with E-state index in [1.165, 1.54) is 48.5 Å². The molecule has 0 fully saturated rings. The topological polar surface area (TPSA) is 66.5 Å². The fourth-order valence-electron chi connectivity index (χ4n) is 2.73. The van der Waals surface area contributed by atoms with E-state index in [2.05, 4.69) is 5.32 Å². The molecule has 30 heavy (non-hydrogen) atoms. The number of halogens is 3. The van der Waals surface area contributed by atoms with Crippen molar-refractivity contribution in [2.45, 2.75) is 11.8 Å². The Bertz CT molecular complexity index is 1160. The molecule has 0 aliphatic rings. The minimum Gasteiger partial charge on any atom is -0.324 e. The lowest BCUT2D eigenvalue weighted by atomic mass is 10.2. The van der Waals surface area contributed by atoms with Crippen LogP contribution in [0.2, 0.25) is 10.0 Å². The van der Waals surface area contributed by atoms with Crippen LogP contribution in [0.15, 0.2) is 71.6 Å². The minimum absolute atomic E-state index is 0.00255. The average Bonchev–Trinajstić information content (AvgIpc) is 2.65. The highest BCUT2D eigenvalue weighted by Gasteiger charge is 2.28. The van der Waals surface area contributed by atoms with E-state index < -0.39 is 28.3 Å². The fraction of sp³-hybridized carbons (Fsp3) is 0.0952. The molecule has 156 valence electrons. The molecule has 1 N–H and O–H groups in total. The molecule has 0 aromatic heterocycles. The van der Waals surface area contributed by atoms with Crippen molar-refractivity contribution in [2.24, 2.45) is 0 Å². The highest BCUT2D eigenvalue weighted by molar-refractivity contribution is 7.92. The number of aryl methyl sites for hydroxylation is 1. The number of carbonyl (C=O) groups is 1. The third-order valence-electron chi connectivity index (χ3n) is 4.14. The van der Waals surface area contributed by atoms with Gasteiger partial charge in [-0.2, -0.15) is 0 Å². The summed E-state index contributed by atoms with van der Waals surface area (Å²) in [5.74, 6) is -1.19. The first kappa shape index (κ1) is 22.1. The van der Waals surface area contributed by atoms with Crippen molar-refractivity contribution in [1.29, 1.82) is 0 Å². The molecule has 0 unspecified atom stereocenters. The van der Waals surface area contributed by atoms with Gasteiger partial charge < -0.3 is 5.32 Å². The van der Waals surface area contributed by atoms with Crippen molar-refractivity contribution in [3.63, 3.8) is 0 Å². The van der Waals surface area contributed by atoms with E-state index in [0.717, 1.165) is 15.9 Å². The Morgan fingerprint density at radius 2 is 1.63 bits per heavy atom. The van der Waals surface area contributed by atoms with Crippen LogP contribution >= 0.6 is 23.2 Å². The maximum Gasteiger partial charge on any atom is 0.264 e. The highest BCUT2D eigenvalue weighted by atomic mass is 35.5. The number of carbonyl (C=O) groups excluding carboxylic acids is 1. The lowest BCUT2D eigenvalue weighted by Crippen LogP contribution is -2.38. The average molecular weight is 467 g/mol. The van der Waals surface area contributed by atoms with Crippen molar-refractivity contribution in [3.8, 4) is 0 Å². The van der Waals surface area contributed by atoms with Gasteiger partial charge in [-0.3, -0.25) is 9.10 Å². The Morgan fingerprint density at radius 1 is 1.00 bits per heavy atom. The minimum atomic E-state index is -4.12. The summed E-state index contributed by atoms with van der Waals surface area (Å²) in [5.41, 5.74) is 1.22. The third kappa shape index (κ3) is 5.30. The number of nitrogens with one attached hydrogen (secondary N) is 1. The summed E-state index contributed by atoms with van der Waals surface area (Å²) in [6, 6.07) is 15.8. The van der Waals surface area contributed by atoms with E-state index >= 15 is 0 Å². The quantitative estimate of drug-likeness (QED) is 0.537. The normalized spacial score (nSPS) is 11.2. The van der Waals surface area contributed by atoms with Crippen LogP contribution in [0.4, 0.5) is 15.8 Å². The van der Waals surface area contributed by atoms with Crippen LogP contribution in [0.25, 0.3) is 0 Å². The number of hydrogen-bond acceptors (Lipinski definition) is 3. The number of rotatable bonds is 6. The molecule has 1 amide bonds. The Hall–Kier alpha value is -2.61. The van der Waals surface area contributed by atoms with Crippen molar-refractivity contribution in [2.75, 3.05) is 16.2 Å². The molecule has 5 nitrogen and oxygen atoms in total. The van der Waals surface area contributed by atoms with Crippen molar-refractivity contribution < 1.29 is 17.6 Å². The van der Waals surface area contributed by atoms with Gasteiger partial charge >= 0.3 is 0 Å². The lowest BCUT2D eigenvalue weighted by Gasteiger charge is -2.24. The first-order chi connectivity index (χ1) is 14.1. The summed E-state index contributed by atoms with van der Waals surface area (Å²) < 4.78 is 40.9. The predicted molar refractivity (Wildman–Crippen MR) is 117 cm³/mol. The molecule has 9 heteroatoms. The second kappa shape index (κ2) is 9.04. The second-order valence-corrected chi connectivity index (χ2v) is 9.25. The Morgan fingerprint density at radius 3 is 2.23 bits per heavy atom. The van der Waals surface area contributed by atoms with Gasteiger partial charge in [-0.25, -0.2) is 12.8 Å². The zero-order valence-corrected chi connectivity index (χ0v) is 18.1. The monoisotopic (exact) mass is 466 g/mol. The van der Waals surface area contributed by atoms with Crippen LogP contribution in [0.1, 0.15) is 5.56 Å². The zero-order chi connectivity index (χ0) is 21.9. The summed E-state index contributed by atoms with van der Waals surface area (Å²) in [6.45, 7) is 1.26. The van der Waals surface area contributed by atoms with E-state index in [4.69, 9.17) is 23.2 Å². The van der Waals surface area contributed by atoms with Gasteiger partial charge in [0.15, 0.2) is 0 Å². The first-order valence-electron chi connectivity index (χ1n) is 8.76. The molecule has 0 aliphatic heterocycles. The number of sulfonamides is 1. The molecular weight excluding hydrogens is 450 g/mol. The smallest absolute Gasteiger partial charge is 0.264 e. The molecule has 3 aromatic carbocycles. The maximum atomic E-state index is 13.4. The van der Waals surface area contributed by atoms with E-state index in [1.807, 2.05) is 6.92 Å². The molecule has 3 aromatic rings. The first-order valence-corrected chi connectivity index (χ1v) is 11.0. The Labute approximate surface area is 184 Å². The highest BCUT2D eigenvalue weighted by Crippen LogP contribution is 2.30. The standard InChI is InChI=1S/C21H17Cl2FN2O3S/c1-14-5-7-20(8-6-14)30(28,29)26(19-10-15(22)9-16(23)11-19)13-21(27)25-18-4-2-3-17(24)12-18/h2-12H,13H2,1H3,(H,25,27). The van der Waals surface area contributed by atoms with Gasteiger partial charge in [0.05, 0.1) is 10.6 Å². The lowest BCUT2D eigenvalue weighted by molar-refractivity contribution is -0.114. The van der Waals surface area contributed by atoms with Gasteiger partial charge in [-0.15, -0.1) is 0 Å². The molecular formula is C21H17Cl2FN2O3S. The van der Waals surface area contributed by atoms with E-state index in [1.54, 1.807) is 12.1 Å². The number of benzene rings is 3. The van der Waals surface area contributed by atoms with Crippen LogP contribution in [0.3, 0.4) is 0 Å². The molecule has 0 bridgehead atoms. The molecule has 0 saturated heterocycles. The summed E-state index contributed by atoms with van der Waals surface area (Å²) in [5, 5.41) is 2.92. The van der Waals surface area contributed by atoms with Crippen LogP contribution in [0.5, 0.6) is 0 Å². The summed E-state index contributed by atoms with van der Waals surface area (Å²) in [4.78, 5) is 12.6. The van der Waals surface area contributed by atoms with Gasteiger partial charge in [0.2, 0.25) is 5.91 Å². The Balaban J connectivity index is 1.99.